The predicted octanol–water partition coefficient (Wildman–Crippen LogP) is 1.18. The number of piperazine rings is 1. The number of methoxy groups -OCH3 is 1. The van der Waals surface area contributed by atoms with E-state index < -0.39 is 15.9 Å². The first kappa shape index (κ1) is 22.6. The minimum atomic E-state index is -3.66. The number of hydrogen-bond donors (Lipinski definition) is 2. The van der Waals surface area contributed by atoms with Crippen LogP contribution in [-0.4, -0.2) is 72.1 Å². The summed E-state index contributed by atoms with van der Waals surface area (Å²) in [6.45, 7) is 1.34. The van der Waals surface area contributed by atoms with Gasteiger partial charge in [0.05, 0.1) is 23.8 Å². The monoisotopic (exact) mass is 470 g/mol. The predicted molar refractivity (Wildman–Crippen MR) is 118 cm³/mol. The molecule has 0 unspecified atom stereocenters. The minimum absolute atomic E-state index is 0.121. The largest absolute Gasteiger partial charge is 0.495 e. The van der Waals surface area contributed by atoms with Crippen LogP contribution in [-0.2, 0) is 10.0 Å². The topological polar surface area (TPSA) is 138 Å². The molecule has 0 saturated carbocycles. The lowest BCUT2D eigenvalue weighted by Crippen LogP contribution is -2.49. The number of pyridine rings is 1. The van der Waals surface area contributed by atoms with E-state index in [0.717, 1.165) is 11.1 Å². The molecule has 2 aromatic heterocycles. The summed E-state index contributed by atoms with van der Waals surface area (Å²) >= 11 is 0. The number of aromatic nitrogens is 3. The van der Waals surface area contributed by atoms with Crippen LogP contribution < -0.4 is 15.1 Å². The van der Waals surface area contributed by atoms with E-state index >= 15 is 0 Å². The second-order valence-corrected chi connectivity index (χ2v) is 9.18. The average molecular weight is 471 g/mol. The molecule has 2 N–H and O–H groups in total. The molecule has 3 heterocycles. The van der Waals surface area contributed by atoms with Gasteiger partial charge in [0.25, 0.3) is 5.91 Å². The number of nitrogens with zero attached hydrogens (tertiary/aromatic N) is 5. The van der Waals surface area contributed by atoms with Crippen LogP contribution in [0.4, 0.5) is 5.95 Å². The van der Waals surface area contributed by atoms with Crippen molar-refractivity contribution in [2.45, 2.75) is 4.90 Å². The Bertz CT molecular complexity index is 1230. The Labute approximate surface area is 190 Å². The van der Waals surface area contributed by atoms with Crippen molar-refractivity contribution in [1.82, 2.24) is 24.7 Å². The van der Waals surface area contributed by atoms with Crippen molar-refractivity contribution >= 4 is 21.9 Å². The highest BCUT2D eigenvalue weighted by molar-refractivity contribution is 7.89. The Hall–Kier alpha value is -3.61. The molecule has 0 aliphatic carbocycles. The number of hydrogen-bond acceptors (Lipinski definition) is 9. The van der Waals surface area contributed by atoms with Crippen molar-refractivity contribution < 1.29 is 23.2 Å². The van der Waals surface area contributed by atoms with Gasteiger partial charge >= 0.3 is 0 Å². The number of nitrogens with one attached hydrogen (secondary N) is 1. The van der Waals surface area contributed by atoms with Crippen molar-refractivity contribution in [2.24, 2.45) is 0 Å². The molecule has 1 aliphatic heterocycles. The lowest BCUT2D eigenvalue weighted by molar-refractivity contribution is 0.0705. The second-order valence-electron chi connectivity index (χ2n) is 7.24. The number of carbonyl (C=O) groups is 1. The van der Waals surface area contributed by atoms with E-state index in [2.05, 4.69) is 15.0 Å². The Balaban J connectivity index is 1.43. The van der Waals surface area contributed by atoms with E-state index in [9.17, 15) is 13.2 Å². The number of hydroxylamine groups is 1. The molecule has 1 fully saturated rings. The van der Waals surface area contributed by atoms with Crippen LogP contribution in [0.15, 0.2) is 60.0 Å². The first-order valence-electron chi connectivity index (χ1n) is 10.0. The molecule has 11 nitrogen and oxygen atoms in total. The van der Waals surface area contributed by atoms with Crippen LogP contribution >= 0.6 is 0 Å². The van der Waals surface area contributed by atoms with Gasteiger partial charge in [-0.05, 0) is 23.8 Å². The molecule has 1 amide bonds. The summed E-state index contributed by atoms with van der Waals surface area (Å²) in [5, 5.41) is 8.66. The smallest absolute Gasteiger partial charge is 0.277 e. The van der Waals surface area contributed by atoms with E-state index in [-0.39, 0.29) is 23.5 Å². The third-order valence-corrected chi connectivity index (χ3v) is 7.21. The summed E-state index contributed by atoms with van der Waals surface area (Å²) in [7, 11) is -2.09. The van der Waals surface area contributed by atoms with Crippen molar-refractivity contribution in [3.8, 4) is 16.9 Å². The second kappa shape index (κ2) is 9.48. The number of benzene rings is 1. The van der Waals surface area contributed by atoms with Gasteiger partial charge in [-0.1, -0.05) is 12.1 Å². The van der Waals surface area contributed by atoms with Gasteiger partial charge in [-0.15, -0.1) is 0 Å². The summed E-state index contributed by atoms with van der Waals surface area (Å²) in [6.07, 6.45) is 5.90. The Morgan fingerprint density at radius 2 is 1.67 bits per heavy atom. The fourth-order valence-corrected chi connectivity index (χ4v) is 4.87. The van der Waals surface area contributed by atoms with Gasteiger partial charge in [0.1, 0.15) is 5.75 Å². The van der Waals surface area contributed by atoms with Crippen molar-refractivity contribution in [3.05, 3.63) is 60.7 Å². The molecule has 1 aliphatic rings. The Morgan fingerprint density at radius 1 is 1.00 bits per heavy atom. The first-order chi connectivity index (χ1) is 15.9. The van der Waals surface area contributed by atoms with E-state index in [0.29, 0.717) is 24.8 Å². The van der Waals surface area contributed by atoms with Gasteiger partial charge in [-0.25, -0.2) is 23.9 Å². The van der Waals surface area contributed by atoms with Crippen LogP contribution in [0.5, 0.6) is 5.75 Å². The zero-order valence-electron chi connectivity index (χ0n) is 17.7. The standard InChI is InChI=1S/C21H22N6O5S/c1-32-18-10-16(11-22-14-18)15-2-4-19(5-3-15)33(30,31)27-8-6-26(7-9-27)21-23-12-17(13-24-21)20(28)25-29/h2-5,10-14,29H,6-9H2,1H3,(H,25,28). The number of anilines is 1. The zero-order valence-corrected chi connectivity index (χ0v) is 18.6. The maximum Gasteiger partial charge on any atom is 0.277 e. The van der Waals surface area contributed by atoms with Gasteiger partial charge in [-0.3, -0.25) is 15.0 Å². The van der Waals surface area contributed by atoms with E-state index in [1.54, 1.807) is 43.8 Å². The van der Waals surface area contributed by atoms with E-state index in [1.807, 2.05) is 11.0 Å². The summed E-state index contributed by atoms with van der Waals surface area (Å²) in [4.78, 5) is 25.8. The average Bonchev–Trinajstić information content (AvgIpc) is 2.88. The highest BCUT2D eigenvalue weighted by atomic mass is 32.2. The summed E-state index contributed by atoms with van der Waals surface area (Å²) in [5.41, 5.74) is 3.30. The molecule has 0 spiro atoms. The Kier molecular flexibility index (Phi) is 6.49. The maximum absolute atomic E-state index is 13.1. The summed E-state index contributed by atoms with van der Waals surface area (Å²) in [5.74, 6) is 0.307. The number of carbonyl (C=O) groups excluding carboxylic acids is 1. The maximum atomic E-state index is 13.1. The molecule has 4 rings (SSSR count). The highest BCUT2D eigenvalue weighted by Gasteiger charge is 2.29. The summed E-state index contributed by atoms with van der Waals surface area (Å²) in [6, 6.07) is 8.50. The van der Waals surface area contributed by atoms with Gasteiger partial charge in [0.2, 0.25) is 16.0 Å². The molecule has 12 heteroatoms. The lowest BCUT2D eigenvalue weighted by atomic mass is 10.1. The molecule has 1 aromatic carbocycles. The highest BCUT2D eigenvalue weighted by Crippen LogP contribution is 2.25. The third kappa shape index (κ3) is 4.77. The van der Waals surface area contributed by atoms with Crippen LogP contribution in [0.1, 0.15) is 10.4 Å². The molecule has 0 bridgehead atoms. The number of sulfonamides is 1. The van der Waals surface area contributed by atoms with Crippen molar-refractivity contribution in [3.63, 3.8) is 0 Å². The molecule has 172 valence electrons. The quantitative estimate of drug-likeness (QED) is 0.402. The zero-order chi connectivity index (χ0) is 23.4. The molecular formula is C21H22N6O5S. The number of amides is 1. The summed E-state index contributed by atoms with van der Waals surface area (Å²) < 4.78 is 32.8. The molecular weight excluding hydrogens is 448 g/mol. The normalized spacial score (nSPS) is 14.7. The Morgan fingerprint density at radius 3 is 2.27 bits per heavy atom. The van der Waals surface area contributed by atoms with E-state index in [4.69, 9.17) is 9.94 Å². The number of ether oxygens (including phenoxy) is 1. The third-order valence-electron chi connectivity index (χ3n) is 5.30. The first-order valence-corrected chi connectivity index (χ1v) is 11.5. The number of rotatable bonds is 6. The molecule has 0 radical (unpaired) electrons. The van der Waals surface area contributed by atoms with Crippen molar-refractivity contribution in [1.29, 1.82) is 0 Å². The van der Waals surface area contributed by atoms with Gasteiger partial charge in [-0.2, -0.15) is 4.31 Å². The fourth-order valence-electron chi connectivity index (χ4n) is 3.45. The van der Waals surface area contributed by atoms with E-state index in [1.165, 1.54) is 22.2 Å². The SMILES string of the molecule is COc1cncc(-c2ccc(S(=O)(=O)N3CCN(c4ncc(C(=O)NO)cn4)CC3)cc2)c1. The fraction of sp³-hybridized carbons (Fsp3) is 0.238. The van der Waals surface area contributed by atoms with Gasteiger partial charge in [0, 0.05) is 50.3 Å². The van der Waals surface area contributed by atoms with Crippen LogP contribution in [0, 0.1) is 0 Å². The van der Waals surface area contributed by atoms with Gasteiger partial charge < -0.3 is 9.64 Å². The molecule has 33 heavy (non-hydrogen) atoms. The van der Waals surface area contributed by atoms with Crippen molar-refractivity contribution in [2.75, 3.05) is 38.2 Å². The van der Waals surface area contributed by atoms with Gasteiger partial charge in [0.15, 0.2) is 0 Å². The van der Waals surface area contributed by atoms with Crippen LogP contribution in [0.2, 0.25) is 0 Å². The lowest BCUT2D eigenvalue weighted by Gasteiger charge is -2.34. The molecule has 1 saturated heterocycles. The minimum Gasteiger partial charge on any atom is -0.495 e. The molecule has 0 atom stereocenters. The molecule has 3 aromatic rings. The van der Waals surface area contributed by atoms with Crippen LogP contribution in [0.3, 0.4) is 0 Å². The van der Waals surface area contributed by atoms with Crippen LogP contribution in [0.25, 0.3) is 11.1 Å².